The van der Waals surface area contributed by atoms with Crippen LogP contribution in [0.15, 0.2) is 42.5 Å². The highest BCUT2D eigenvalue weighted by molar-refractivity contribution is 6.30. The number of nitrogens with zero attached hydrogens (tertiary/aromatic N) is 1. The van der Waals surface area contributed by atoms with E-state index in [-0.39, 0.29) is 0 Å². The summed E-state index contributed by atoms with van der Waals surface area (Å²) in [6, 6.07) is 14.3. The summed E-state index contributed by atoms with van der Waals surface area (Å²) in [5, 5.41) is 9.59. The van der Waals surface area contributed by atoms with Gasteiger partial charge in [-0.2, -0.15) is 5.26 Å². The van der Waals surface area contributed by atoms with Crippen molar-refractivity contribution >= 4 is 23.2 Å². The molecule has 0 heterocycles. The Morgan fingerprint density at radius 1 is 1.11 bits per heavy atom. The second-order valence-corrected chi connectivity index (χ2v) is 4.30. The Balaban J connectivity index is 2.37. The Morgan fingerprint density at radius 2 is 1.89 bits per heavy atom. The lowest BCUT2D eigenvalue weighted by Gasteiger charge is -2.10. The number of rotatable bonds is 3. The molecule has 2 aromatic rings. The molecular weight excluding hydrogens is 269 g/mol. The summed E-state index contributed by atoms with van der Waals surface area (Å²) in [6.45, 7) is 0. The SMILES string of the molecule is N#Cc1ccccc1Oc1ccc(Cl)cc1CCl. The van der Waals surface area contributed by atoms with Crippen LogP contribution in [0.2, 0.25) is 5.02 Å². The van der Waals surface area contributed by atoms with Crippen molar-refractivity contribution in [3.63, 3.8) is 0 Å². The first-order valence-electron chi connectivity index (χ1n) is 5.26. The smallest absolute Gasteiger partial charge is 0.145 e. The van der Waals surface area contributed by atoms with Gasteiger partial charge in [0.15, 0.2) is 0 Å². The van der Waals surface area contributed by atoms with Crippen molar-refractivity contribution in [1.82, 2.24) is 0 Å². The molecule has 0 atom stereocenters. The summed E-state index contributed by atoms with van der Waals surface area (Å²) in [6.07, 6.45) is 0. The van der Waals surface area contributed by atoms with E-state index >= 15 is 0 Å². The summed E-state index contributed by atoms with van der Waals surface area (Å²) in [7, 11) is 0. The molecule has 0 N–H and O–H groups in total. The van der Waals surface area contributed by atoms with Gasteiger partial charge in [0.2, 0.25) is 0 Å². The van der Waals surface area contributed by atoms with Gasteiger partial charge in [0.05, 0.1) is 11.4 Å². The summed E-state index contributed by atoms with van der Waals surface area (Å²) in [4.78, 5) is 0. The molecule has 0 aliphatic heterocycles. The number of hydrogen-bond donors (Lipinski definition) is 0. The lowest BCUT2D eigenvalue weighted by Crippen LogP contribution is -1.91. The molecule has 18 heavy (non-hydrogen) atoms. The largest absolute Gasteiger partial charge is 0.456 e. The van der Waals surface area contributed by atoms with Gasteiger partial charge < -0.3 is 4.74 Å². The molecule has 0 amide bonds. The van der Waals surface area contributed by atoms with Crippen LogP contribution >= 0.6 is 23.2 Å². The maximum Gasteiger partial charge on any atom is 0.145 e. The average Bonchev–Trinajstić information content (AvgIpc) is 2.41. The van der Waals surface area contributed by atoms with Crippen molar-refractivity contribution < 1.29 is 4.74 Å². The van der Waals surface area contributed by atoms with Crippen LogP contribution in [0, 0.1) is 11.3 Å². The first-order chi connectivity index (χ1) is 8.74. The van der Waals surface area contributed by atoms with Crippen molar-refractivity contribution in [3.8, 4) is 17.6 Å². The van der Waals surface area contributed by atoms with Crippen LogP contribution in [0.25, 0.3) is 0 Å². The predicted octanol–water partition coefficient (Wildman–Crippen LogP) is 4.74. The standard InChI is InChI=1S/C14H9Cl2NO/c15-8-11-7-12(16)5-6-14(11)18-13-4-2-1-3-10(13)9-17/h1-7H,8H2. The molecule has 2 nitrogen and oxygen atoms in total. The van der Waals surface area contributed by atoms with Gasteiger partial charge in [-0.15, -0.1) is 11.6 Å². The molecule has 4 heteroatoms. The highest BCUT2D eigenvalue weighted by atomic mass is 35.5. The van der Waals surface area contributed by atoms with Gasteiger partial charge in [-0.25, -0.2) is 0 Å². The van der Waals surface area contributed by atoms with Crippen LogP contribution in [0.3, 0.4) is 0 Å². The van der Waals surface area contributed by atoms with Gasteiger partial charge in [-0.3, -0.25) is 0 Å². The predicted molar refractivity (Wildman–Crippen MR) is 72.2 cm³/mol. The zero-order chi connectivity index (χ0) is 13.0. The lowest BCUT2D eigenvalue weighted by molar-refractivity contribution is 0.477. The second kappa shape index (κ2) is 5.77. The van der Waals surface area contributed by atoms with Crippen molar-refractivity contribution in [2.24, 2.45) is 0 Å². The van der Waals surface area contributed by atoms with E-state index in [1.807, 2.05) is 6.07 Å². The third-order valence-corrected chi connectivity index (χ3v) is 2.92. The minimum atomic E-state index is 0.296. The van der Waals surface area contributed by atoms with E-state index in [4.69, 9.17) is 33.2 Å². The first kappa shape index (κ1) is 12.8. The van der Waals surface area contributed by atoms with E-state index in [9.17, 15) is 0 Å². The van der Waals surface area contributed by atoms with Gasteiger partial charge in [0.1, 0.15) is 17.6 Å². The van der Waals surface area contributed by atoms with Crippen LogP contribution in [-0.2, 0) is 5.88 Å². The molecule has 0 bridgehead atoms. The van der Waals surface area contributed by atoms with Crippen molar-refractivity contribution in [2.75, 3.05) is 0 Å². The van der Waals surface area contributed by atoms with Gasteiger partial charge in [0, 0.05) is 10.6 Å². The highest BCUT2D eigenvalue weighted by Gasteiger charge is 2.08. The fraction of sp³-hybridized carbons (Fsp3) is 0.0714. The molecular formula is C14H9Cl2NO. The Labute approximate surface area is 115 Å². The molecule has 0 aliphatic rings. The second-order valence-electron chi connectivity index (χ2n) is 3.60. The first-order valence-corrected chi connectivity index (χ1v) is 6.17. The molecule has 0 saturated heterocycles. The molecule has 0 aromatic heterocycles. The number of nitriles is 1. The Bertz CT molecular complexity index is 605. The number of alkyl halides is 1. The van der Waals surface area contributed by atoms with E-state index in [0.717, 1.165) is 5.56 Å². The number of hydrogen-bond acceptors (Lipinski definition) is 2. The van der Waals surface area contributed by atoms with E-state index in [1.165, 1.54) is 0 Å². The molecule has 0 radical (unpaired) electrons. The lowest BCUT2D eigenvalue weighted by atomic mass is 10.2. The molecule has 0 unspecified atom stereocenters. The fourth-order valence-corrected chi connectivity index (χ4v) is 1.92. The zero-order valence-corrected chi connectivity index (χ0v) is 10.9. The molecule has 0 spiro atoms. The number of para-hydroxylation sites is 1. The third-order valence-electron chi connectivity index (χ3n) is 2.39. The summed E-state index contributed by atoms with van der Waals surface area (Å²) >= 11 is 11.7. The average molecular weight is 278 g/mol. The van der Waals surface area contributed by atoms with Gasteiger partial charge in [0.25, 0.3) is 0 Å². The monoisotopic (exact) mass is 277 g/mol. The van der Waals surface area contributed by atoms with E-state index < -0.39 is 0 Å². The maximum atomic E-state index is 8.99. The number of ether oxygens (including phenoxy) is 1. The van der Waals surface area contributed by atoms with Gasteiger partial charge in [-0.05, 0) is 30.3 Å². The quantitative estimate of drug-likeness (QED) is 0.759. The summed E-state index contributed by atoms with van der Waals surface area (Å²) in [5.41, 5.74) is 1.27. The topological polar surface area (TPSA) is 33.0 Å². The third kappa shape index (κ3) is 2.76. The van der Waals surface area contributed by atoms with Crippen LogP contribution in [0.1, 0.15) is 11.1 Å². The maximum absolute atomic E-state index is 8.99. The summed E-state index contributed by atoms with van der Waals surface area (Å²) < 4.78 is 5.71. The van der Waals surface area contributed by atoms with E-state index in [2.05, 4.69) is 6.07 Å². The van der Waals surface area contributed by atoms with Crippen molar-refractivity contribution in [2.45, 2.75) is 5.88 Å². The van der Waals surface area contributed by atoms with Gasteiger partial charge >= 0.3 is 0 Å². The molecule has 2 rings (SSSR count). The number of halogens is 2. The highest BCUT2D eigenvalue weighted by Crippen LogP contribution is 2.30. The fourth-order valence-electron chi connectivity index (χ4n) is 1.52. The minimum Gasteiger partial charge on any atom is -0.456 e. The Morgan fingerprint density at radius 3 is 2.61 bits per heavy atom. The summed E-state index contributed by atoms with van der Waals surface area (Å²) in [5.74, 6) is 1.41. The molecule has 0 saturated carbocycles. The van der Waals surface area contributed by atoms with E-state index in [1.54, 1.807) is 36.4 Å². The normalized spacial score (nSPS) is 9.83. The van der Waals surface area contributed by atoms with Gasteiger partial charge in [-0.1, -0.05) is 23.7 Å². The van der Waals surface area contributed by atoms with Crippen LogP contribution in [-0.4, -0.2) is 0 Å². The van der Waals surface area contributed by atoms with Crippen molar-refractivity contribution in [3.05, 3.63) is 58.6 Å². The molecule has 90 valence electrons. The molecule has 2 aromatic carbocycles. The Kier molecular flexibility index (Phi) is 4.09. The molecule has 0 fully saturated rings. The van der Waals surface area contributed by atoms with Crippen LogP contribution in [0.4, 0.5) is 0 Å². The van der Waals surface area contributed by atoms with Crippen LogP contribution < -0.4 is 4.74 Å². The molecule has 0 aliphatic carbocycles. The minimum absolute atomic E-state index is 0.296. The number of benzene rings is 2. The Hall–Kier alpha value is -1.69. The van der Waals surface area contributed by atoms with Crippen LogP contribution in [0.5, 0.6) is 11.5 Å². The van der Waals surface area contributed by atoms with E-state index in [0.29, 0.717) is 28.0 Å². The van der Waals surface area contributed by atoms with Crippen molar-refractivity contribution in [1.29, 1.82) is 5.26 Å². The zero-order valence-electron chi connectivity index (χ0n) is 9.36.